The Morgan fingerprint density at radius 2 is 1.84 bits per heavy atom. The fourth-order valence-electron chi connectivity index (χ4n) is 1.82. The van der Waals surface area contributed by atoms with Crippen molar-refractivity contribution in [3.63, 3.8) is 0 Å². The van der Waals surface area contributed by atoms with Crippen LogP contribution in [0.1, 0.15) is 32.8 Å². The van der Waals surface area contributed by atoms with Gasteiger partial charge in [0.1, 0.15) is 12.4 Å². The average molecular weight is 265 g/mol. The quantitative estimate of drug-likeness (QED) is 0.744. The van der Waals surface area contributed by atoms with Gasteiger partial charge in [0.05, 0.1) is 6.10 Å². The second-order valence-corrected chi connectivity index (χ2v) is 5.06. The highest BCUT2D eigenvalue weighted by Crippen LogP contribution is 2.14. The monoisotopic (exact) mass is 265 g/mol. The van der Waals surface area contributed by atoms with Crippen LogP contribution in [0.3, 0.4) is 0 Å². The number of ether oxygens (including phenoxy) is 2. The average Bonchev–Trinajstić information content (AvgIpc) is 2.44. The van der Waals surface area contributed by atoms with E-state index < -0.39 is 0 Å². The molecule has 0 amide bonds. The van der Waals surface area contributed by atoms with Gasteiger partial charge in [-0.3, -0.25) is 0 Å². The van der Waals surface area contributed by atoms with Crippen molar-refractivity contribution in [2.24, 2.45) is 0 Å². The maximum Gasteiger partial charge on any atom is 0.119 e. The lowest BCUT2D eigenvalue weighted by Gasteiger charge is -2.14. The number of methoxy groups -OCH3 is 1. The Balaban J connectivity index is 2.38. The lowest BCUT2D eigenvalue weighted by atomic mass is 10.1. The SMILES string of the molecule is CCCNC(C)Cc1ccc(OCC(C)OC)cc1. The molecule has 1 N–H and O–H groups in total. The zero-order chi connectivity index (χ0) is 14.1. The number of hydrogen-bond donors (Lipinski definition) is 1. The molecule has 19 heavy (non-hydrogen) atoms. The van der Waals surface area contributed by atoms with E-state index in [0.29, 0.717) is 12.6 Å². The third-order valence-corrected chi connectivity index (χ3v) is 3.10. The van der Waals surface area contributed by atoms with Crippen molar-refractivity contribution in [3.8, 4) is 5.75 Å². The highest BCUT2D eigenvalue weighted by Gasteiger charge is 2.04. The largest absolute Gasteiger partial charge is 0.491 e. The van der Waals surface area contributed by atoms with Crippen LogP contribution in [0.4, 0.5) is 0 Å². The molecule has 2 atom stereocenters. The van der Waals surface area contributed by atoms with E-state index in [1.165, 1.54) is 12.0 Å². The Bertz CT molecular complexity index is 337. The molecule has 0 saturated heterocycles. The van der Waals surface area contributed by atoms with Gasteiger partial charge in [-0.2, -0.15) is 0 Å². The molecular weight excluding hydrogens is 238 g/mol. The van der Waals surface area contributed by atoms with Crippen LogP contribution in [0.2, 0.25) is 0 Å². The molecule has 0 aliphatic carbocycles. The van der Waals surface area contributed by atoms with E-state index in [1.807, 2.05) is 19.1 Å². The van der Waals surface area contributed by atoms with Crippen LogP contribution in [0, 0.1) is 0 Å². The topological polar surface area (TPSA) is 30.5 Å². The van der Waals surface area contributed by atoms with Gasteiger partial charge in [-0.15, -0.1) is 0 Å². The smallest absolute Gasteiger partial charge is 0.119 e. The standard InChI is InChI=1S/C16H27NO2/c1-5-10-17-13(2)11-15-6-8-16(9-7-15)19-12-14(3)18-4/h6-9,13-14,17H,5,10-12H2,1-4H3. The lowest BCUT2D eigenvalue weighted by Crippen LogP contribution is -2.28. The van der Waals surface area contributed by atoms with E-state index in [2.05, 4.69) is 31.3 Å². The van der Waals surface area contributed by atoms with Crippen LogP contribution in [-0.4, -0.2) is 32.4 Å². The molecule has 2 unspecified atom stereocenters. The second kappa shape index (κ2) is 8.94. The van der Waals surface area contributed by atoms with Crippen LogP contribution in [0.15, 0.2) is 24.3 Å². The van der Waals surface area contributed by atoms with Gasteiger partial charge in [0.2, 0.25) is 0 Å². The van der Waals surface area contributed by atoms with Crippen LogP contribution in [0.25, 0.3) is 0 Å². The van der Waals surface area contributed by atoms with Gasteiger partial charge in [-0.05, 0) is 50.9 Å². The summed E-state index contributed by atoms with van der Waals surface area (Å²) in [5, 5.41) is 3.50. The summed E-state index contributed by atoms with van der Waals surface area (Å²) in [5.74, 6) is 0.904. The van der Waals surface area contributed by atoms with Gasteiger partial charge in [0.15, 0.2) is 0 Å². The summed E-state index contributed by atoms with van der Waals surface area (Å²) in [6.45, 7) is 8.07. The van der Waals surface area contributed by atoms with Crippen molar-refractivity contribution in [2.45, 2.75) is 45.8 Å². The van der Waals surface area contributed by atoms with Crippen molar-refractivity contribution in [1.82, 2.24) is 5.32 Å². The molecule has 0 aromatic heterocycles. The number of benzene rings is 1. The first-order chi connectivity index (χ1) is 9.15. The summed E-state index contributed by atoms with van der Waals surface area (Å²) < 4.78 is 10.8. The zero-order valence-electron chi connectivity index (χ0n) is 12.6. The van der Waals surface area contributed by atoms with Crippen molar-refractivity contribution in [3.05, 3.63) is 29.8 Å². The second-order valence-electron chi connectivity index (χ2n) is 5.06. The zero-order valence-corrected chi connectivity index (χ0v) is 12.6. The maximum atomic E-state index is 5.64. The predicted octanol–water partition coefficient (Wildman–Crippen LogP) is 3.03. The summed E-state index contributed by atoms with van der Waals surface area (Å²) in [6.07, 6.45) is 2.35. The highest BCUT2D eigenvalue weighted by molar-refractivity contribution is 5.27. The van der Waals surface area contributed by atoms with Crippen molar-refractivity contribution >= 4 is 0 Å². The molecule has 0 heterocycles. The summed E-state index contributed by atoms with van der Waals surface area (Å²) >= 11 is 0. The molecule has 108 valence electrons. The van der Waals surface area contributed by atoms with Crippen LogP contribution in [-0.2, 0) is 11.2 Å². The molecule has 0 aliphatic rings. The van der Waals surface area contributed by atoms with Crippen LogP contribution >= 0.6 is 0 Å². The Kier molecular flexibility index (Phi) is 7.53. The van der Waals surface area contributed by atoms with Crippen molar-refractivity contribution in [1.29, 1.82) is 0 Å². The molecular formula is C16H27NO2. The summed E-state index contributed by atoms with van der Waals surface area (Å²) in [4.78, 5) is 0. The molecule has 3 heteroatoms. The highest BCUT2D eigenvalue weighted by atomic mass is 16.5. The molecule has 0 bridgehead atoms. The first-order valence-electron chi connectivity index (χ1n) is 7.13. The van der Waals surface area contributed by atoms with E-state index in [4.69, 9.17) is 9.47 Å². The van der Waals surface area contributed by atoms with Gasteiger partial charge in [0, 0.05) is 13.2 Å². The van der Waals surface area contributed by atoms with Crippen molar-refractivity contribution in [2.75, 3.05) is 20.3 Å². The minimum Gasteiger partial charge on any atom is -0.491 e. The number of nitrogens with one attached hydrogen (secondary N) is 1. The summed E-state index contributed by atoms with van der Waals surface area (Å²) in [5.41, 5.74) is 1.34. The minimum absolute atomic E-state index is 0.123. The van der Waals surface area contributed by atoms with Crippen molar-refractivity contribution < 1.29 is 9.47 Å². The van der Waals surface area contributed by atoms with Gasteiger partial charge in [-0.1, -0.05) is 19.1 Å². The van der Waals surface area contributed by atoms with Gasteiger partial charge >= 0.3 is 0 Å². The van der Waals surface area contributed by atoms with Crippen LogP contribution < -0.4 is 10.1 Å². The van der Waals surface area contributed by atoms with E-state index >= 15 is 0 Å². The molecule has 1 aromatic rings. The van der Waals surface area contributed by atoms with E-state index in [0.717, 1.165) is 18.7 Å². The molecule has 0 spiro atoms. The first-order valence-corrected chi connectivity index (χ1v) is 7.13. The molecule has 3 nitrogen and oxygen atoms in total. The molecule has 0 radical (unpaired) electrons. The Hall–Kier alpha value is -1.06. The normalized spacial score (nSPS) is 14.1. The third-order valence-electron chi connectivity index (χ3n) is 3.10. The molecule has 1 aromatic carbocycles. The summed E-state index contributed by atoms with van der Waals surface area (Å²) in [7, 11) is 1.70. The Labute approximate surface area is 117 Å². The molecule has 0 saturated carbocycles. The van der Waals surface area contributed by atoms with E-state index in [1.54, 1.807) is 7.11 Å². The maximum absolute atomic E-state index is 5.64. The fourth-order valence-corrected chi connectivity index (χ4v) is 1.82. The van der Waals surface area contributed by atoms with Gasteiger partial charge in [-0.25, -0.2) is 0 Å². The van der Waals surface area contributed by atoms with E-state index in [-0.39, 0.29) is 6.10 Å². The molecule has 1 rings (SSSR count). The Morgan fingerprint density at radius 1 is 1.16 bits per heavy atom. The van der Waals surface area contributed by atoms with E-state index in [9.17, 15) is 0 Å². The minimum atomic E-state index is 0.123. The van der Waals surface area contributed by atoms with Crippen LogP contribution in [0.5, 0.6) is 5.75 Å². The predicted molar refractivity (Wildman–Crippen MR) is 79.9 cm³/mol. The third kappa shape index (κ3) is 6.60. The number of rotatable bonds is 9. The number of hydrogen-bond acceptors (Lipinski definition) is 3. The van der Waals surface area contributed by atoms with Gasteiger partial charge in [0.25, 0.3) is 0 Å². The molecule has 0 fully saturated rings. The first kappa shape index (κ1) is 16.0. The summed E-state index contributed by atoms with van der Waals surface area (Å²) in [6, 6.07) is 8.85. The Morgan fingerprint density at radius 3 is 2.42 bits per heavy atom. The lowest BCUT2D eigenvalue weighted by molar-refractivity contribution is 0.0716. The molecule has 0 aliphatic heterocycles. The fraction of sp³-hybridized carbons (Fsp3) is 0.625. The van der Waals surface area contributed by atoms with Gasteiger partial charge < -0.3 is 14.8 Å².